The Labute approximate surface area is 180 Å². The molecule has 0 atom stereocenters. The largest absolute Gasteiger partial charge is 0.497 e. The van der Waals surface area contributed by atoms with E-state index >= 15 is 0 Å². The smallest absolute Gasteiger partial charge is 0.261 e. The van der Waals surface area contributed by atoms with Gasteiger partial charge in [0.1, 0.15) is 5.75 Å². The van der Waals surface area contributed by atoms with Crippen molar-refractivity contribution in [1.82, 2.24) is 5.32 Å². The number of carbonyl (C=O) groups is 1. The van der Waals surface area contributed by atoms with Crippen LogP contribution in [0.5, 0.6) is 5.75 Å². The van der Waals surface area contributed by atoms with Gasteiger partial charge in [-0.2, -0.15) is 0 Å². The first kappa shape index (κ1) is 21.7. The van der Waals surface area contributed by atoms with Gasteiger partial charge in [0.15, 0.2) is 0 Å². The van der Waals surface area contributed by atoms with Crippen molar-refractivity contribution in [2.75, 3.05) is 11.8 Å². The number of anilines is 1. The molecule has 0 radical (unpaired) electrons. The lowest BCUT2D eigenvalue weighted by Gasteiger charge is -2.12. The summed E-state index contributed by atoms with van der Waals surface area (Å²) in [5, 5.41) is 3.02. The van der Waals surface area contributed by atoms with Gasteiger partial charge in [-0.05, 0) is 55.0 Å². The molecular weight excluding hydrogens is 424 g/mol. The summed E-state index contributed by atoms with van der Waals surface area (Å²) in [4.78, 5) is 12.7. The first-order chi connectivity index (χ1) is 14.3. The Hall–Kier alpha value is -3.03. The summed E-state index contributed by atoms with van der Waals surface area (Å²) in [6.45, 7) is 2.32. The summed E-state index contributed by atoms with van der Waals surface area (Å²) < 4.78 is 32.7. The van der Waals surface area contributed by atoms with E-state index in [4.69, 9.17) is 16.3 Å². The molecule has 1 amide bonds. The van der Waals surface area contributed by atoms with Gasteiger partial charge in [-0.25, -0.2) is 8.42 Å². The number of ether oxygens (including phenoxy) is 1. The van der Waals surface area contributed by atoms with E-state index in [0.29, 0.717) is 12.3 Å². The molecule has 3 aromatic carbocycles. The highest BCUT2D eigenvalue weighted by atomic mass is 35.5. The molecular formula is C22H21ClN2O4S. The zero-order valence-corrected chi connectivity index (χ0v) is 18.0. The number of rotatable bonds is 7. The molecule has 0 saturated heterocycles. The van der Waals surface area contributed by atoms with Crippen molar-refractivity contribution in [3.05, 3.63) is 88.4 Å². The van der Waals surface area contributed by atoms with Crippen molar-refractivity contribution < 1.29 is 17.9 Å². The topological polar surface area (TPSA) is 84.5 Å². The van der Waals surface area contributed by atoms with Crippen LogP contribution in [0.3, 0.4) is 0 Å². The van der Waals surface area contributed by atoms with Crippen LogP contribution in [0.4, 0.5) is 5.69 Å². The molecule has 0 unspecified atom stereocenters. The summed E-state index contributed by atoms with van der Waals surface area (Å²) in [6.07, 6.45) is 0. The van der Waals surface area contributed by atoms with Crippen molar-refractivity contribution in [3.63, 3.8) is 0 Å². The molecule has 8 heteroatoms. The van der Waals surface area contributed by atoms with Gasteiger partial charge in [-0.3, -0.25) is 9.52 Å². The standard InChI is InChI=1S/C22H21ClN2O4S/c1-15-3-5-16(6-4-15)14-24-22(26)20-13-17(7-12-21(20)23)25-30(27,28)19-10-8-18(29-2)9-11-19/h3-13,25H,14H2,1-2H3,(H,24,26). The second kappa shape index (κ2) is 9.19. The summed E-state index contributed by atoms with van der Waals surface area (Å²) in [6, 6.07) is 18.2. The lowest BCUT2D eigenvalue weighted by atomic mass is 10.1. The van der Waals surface area contributed by atoms with Crippen molar-refractivity contribution in [2.45, 2.75) is 18.4 Å². The van der Waals surface area contributed by atoms with Crippen molar-refractivity contribution in [2.24, 2.45) is 0 Å². The van der Waals surface area contributed by atoms with Crippen molar-refractivity contribution in [1.29, 1.82) is 0 Å². The summed E-state index contributed by atoms with van der Waals surface area (Å²) in [7, 11) is -2.33. The number of benzene rings is 3. The number of aryl methyl sites for hydroxylation is 1. The monoisotopic (exact) mass is 444 g/mol. The molecule has 0 bridgehead atoms. The number of amides is 1. The zero-order valence-electron chi connectivity index (χ0n) is 16.5. The molecule has 0 aliphatic rings. The van der Waals surface area contributed by atoms with Crippen molar-refractivity contribution >= 4 is 33.2 Å². The van der Waals surface area contributed by atoms with E-state index in [-0.39, 0.29) is 21.2 Å². The summed E-state index contributed by atoms with van der Waals surface area (Å²) >= 11 is 6.16. The highest BCUT2D eigenvalue weighted by Gasteiger charge is 2.17. The Morgan fingerprint density at radius 3 is 2.30 bits per heavy atom. The Kier molecular flexibility index (Phi) is 6.64. The Bertz CT molecular complexity index is 1140. The van der Waals surface area contributed by atoms with Gasteiger partial charge in [0.25, 0.3) is 15.9 Å². The first-order valence-corrected chi connectivity index (χ1v) is 10.9. The molecule has 3 rings (SSSR count). The van der Waals surface area contributed by atoms with E-state index in [1.807, 2.05) is 31.2 Å². The number of nitrogens with one attached hydrogen (secondary N) is 2. The maximum atomic E-state index is 12.6. The number of hydrogen-bond donors (Lipinski definition) is 2. The number of methoxy groups -OCH3 is 1. The van der Waals surface area contributed by atoms with E-state index in [1.165, 1.54) is 37.4 Å². The van der Waals surface area contributed by atoms with Gasteiger partial charge in [-0.1, -0.05) is 41.4 Å². The molecule has 0 aromatic heterocycles. The Morgan fingerprint density at radius 1 is 1.00 bits per heavy atom. The fraction of sp³-hybridized carbons (Fsp3) is 0.136. The molecule has 0 saturated carbocycles. The van der Waals surface area contributed by atoms with Crippen LogP contribution in [0, 0.1) is 6.92 Å². The van der Waals surface area contributed by atoms with Gasteiger partial charge in [0.2, 0.25) is 0 Å². The average Bonchev–Trinajstić information content (AvgIpc) is 2.74. The summed E-state index contributed by atoms with van der Waals surface area (Å²) in [5.41, 5.74) is 2.49. The third-order valence-corrected chi connectivity index (χ3v) is 6.13. The number of hydrogen-bond acceptors (Lipinski definition) is 4. The number of carbonyl (C=O) groups excluding carboxylic acids is 1. The molecule has 0 spiro atoms. The molecule has 3 aromatic rings. The van der Waals surface area contributed by atoms with Crippen LogP contribution in [0.1, 0.15) is 21.5 Å². The fourth-order valence-corrected chi connectivity index (χ4v) is 3.97. The van der Waals surface area contributed by atoms with Crippen LogP contribution >= 0.6 is 11.6 Å². The van der Waals surface area contributed by atoms with Gasteiger partial charge in [-0.15, -0.1) is 0 Å². The number of sulfonamides is 1. The highest BCUT2D eigenvalue weighted by molar-refractivity contribution is 7.92. The molecule has 156 valence electrons. The predicted octanol–water partition coefficient (Wildman–Crippen LogP) is 4.39. The molecule has 0 fully saturated rings. The van der Waals surface area contributed by atoms with Gasteiger partial charge in [0.05, 0.1) is 22.6 Å². The van der Waals surface area contributed by atoms with Crippen LogP contribution in [0.25, 0.3) is 0 Å². The SMILES string of the molecule is COc1ccc(S(=O)(=O)Nc2ccc(Cl)c(C(=O)NCc3ccc(C)cc3)c2)cc1. The number of halogens is 1. The van der Waals surface area contributed by atoms with Gasteiger partial charge < -0.3 is 10.1 Å². The maximum absolute atomic E-state index is 12.6. The lowest BCUT2D eigenvalue weighted by molar-refractivity contribution is 0.0951. The van der Waals surface area contributed by atoms with E-state index in [1.54, 1.807) is 12.1 Å². The summed E-state index contributed by atoms with van der Waals surface area (Å²) in [5.74, 6) is 0.152. The Balaban J connectivity index is 1.75. The average molecular weight is 445 g/mol. The van der Waals surface area contributed by atoms with E-state index in [9.17, 15) is 13.2 Å². The van der Waals surface area contributed by atoms with E-state index < -0.39 is 15.9 Å². The quantitative estimate of drug-likeness (QED) is 0.566. The normalized spacial score (nSPS) is 11.0. The third kappa shape index (κ3) is 5.31. The van der Waals surface area contributed by atoms with Crippen molar-refractivity contribution in [3.8, 4) is 5.75 Å². The minimum absolute atomic E-state index is 0.0728. The van der Waals surface area contributed by atoms with Gasteiger partial charge in [0, 0.05) is 12.2 Å². The molecule has 6 nitrogen and oxygen atoms in total. The van der Waals surface area contributed by atoms with E-state index in [2.05, 4.69) is 10.0 Å². The zero-order chi connectivity index (χ0) is 21.7. The lowest BCUT2D eigenvalue weighted by Crippen LogP contribution is -2.23. The minimum atomic E-state index is -3.83. The maximum Gasteiger partial charge on any atom is 0.261 e. The van der Waals surface area contributed by atoms with Crippen LogP contribution in [-0.2, 0) is 16.6 Å². The molecule has 30 heavy (non-hydrogen) atoms. The molecule has 0 aliphatic heterocycles. The predicted molar refractivity (Wildman–Crippen MR) is 118 cm³/mol. The van der Waals surface area contributed by atoms with Gasteiger partial charge >= 0.3 is 0 Å². The Morgan fingerprint density at radius 2 is 1.67 bits per heavy atom. The molecule has 0 aliphatic carbocycles. The minimum Gasteiger partial charge on any atom is -0.497 e. The first-order valence-electron chi connectivity index (χ1n) is 9.08. The molecule has 2 N–H and O–H groups in total. The highest BCUT2D eigenvalue weighted by Crippen LogP contribution is 2.24. The third-order valence-electron chi connectivity index (χ3n) is 4.41. The second-order valence-corrected chi connectivity index (χ2v) is 8.73. The van der Waals surface area contributed by atoms with Crippen LogP contribution in [-0.4, -0.2) is 21.4 Å². The van der Waals surface area contributed by atoms with E-state index in [0.717, 1.165) is 11.1 Å². The van der Waals surface area contributed by atoms with Crippen LogP contribution < -0.4 is 14.8 Å². The second-order valence-electron chi connectivity index (χ2n) is 6.64. The van der Waals surface area contributed by atoms with Crippen LogP contribution in [0.2, 0.25) is 5.02 Å². The van der Waals surface area contributed by atoms with Crippen LogP contribution in [0.15, 0.2) is 71.6 Å². The molecule has 0 heterocycles. The fourth-order valence-electron chi connectivity index (χ4n) is 2.72.